The van der Waals surface area contributed by atoms with Crippen LogP contribution in [0.15, 0.2) is 47.1 Å². The van der Waals surface area contributed by atoms with Crippen LogP contribution in [0.3, 0.4) is 0 Å². The van der Waals surface area contributed by atoms with Gasteiger partial charge < -0.3 is 14.5 Å². The molecular formula is C22H20N2O4. The molecule has 142 valence electrons. The zero-order valence-electron chi connectivity index (χ0n) is 15.9. The number of carbonyl (C=O) groups excluding carboxylic acids is 2. The second-order valence-electron chi connectivity index (χ2n) is 6.65. The van der Waals surface area contributed by atoms with Gasteiger partial charge in [-0.1, -0.05) is 12.1 Å². The Morgan fingerprint density at radius 2 is 1.93 bits per heavy atom. The van der Waals surface area contributed by atoms with Crippen LogP contribution in [0.2, 0.25) is 0 Å². The van der Waals surface area contributed by atoms with Gasteiger partial charge in [0.25, 0.3) is 5.91 Å². The van der Waals surface area contributed by atoms with E-state index < -0.39 is 18.0 Å². The van der Waals surface area contributed by atoms with Crippen molar-refractivity contribution in [1.29, 1.82) is 5.26 Å². The summed E-state index contributed by atoms with van der Waals surface area (Å²) < 4.78 is 10.8. The number of para-hydroxylation sites is 1. The number of carbonyl (C=O) groups is 2. The summed E-state index contributed by atoms with van der Waals surface area (Å²) in [6, 6.07) is 12.5. The van der Waals surface area contributed by atoms with E-state index in [2.05, 4.69) is 5.32 Å². The van der Waals surface area contributed by atoms with Gasteiger partial charge in [-0.15, -0.1) is 0 Å². The first-order valence-electron chi connectivity index (χ1n) is 8.86. The van der Waals surface area contributed by atoms with Crippen molar-refractivity contribution in [2.75, 3.05) is 5.32 Å². The summed E-state index contributed by atoms with van der Waals surface area (Å²) in [6.07, 6.45) is 0.544. The molecule has 0 spiro atoms. The fourth-order valence-corrected chi connectivity index (χ4v) is 2.84. The van der Waals surface area contributed by atoms with Gasteiger partial charge in [0, 0.05) is 10.9 Å². The minimum Gasteiger partial charge on any atom is -0.464 e. The quantitative estimate of drug-likeness (QED) is 0.679. The largest absolute Gasteiger partial charge is 0.464 e. The van der Waals surface area contributed by atoms with Crippen molar-refractivity contribution >= 4 is 28.5 Å². The number of nitriles is 1. The third kappa shape index (κ3) is 4.04. The first kappa shape index (κ1) is 19.2. The zero-order valence-corrected chi connectivity index (χ0v) is 15.9. The van der Waals surface area contributed by atoms with Gasteiger partial charge in [-0.05, 0) is 56.2 Å². The number of rotatable bonds is 5. The van der Waals surface area contributed by atoms with E-state index in [-0.39, 0.29) is 6.42 Å². The Labute approximate surface area is 162 Å². The normalized spacial score (nSPS) is 11.6. The fourth-order valence-electron chi connectivity index (χ4n) is 2.84. The zero-order chi connectivity index (χ0) is 20.3. The number of hydrogen-bond donors (Lipinski definition) is 1. The molecule has 3 rings (SSSR count). The summed E-state index contributed by atoms with van der Waals surface area (Å²) >= 11 is 0. The lowest BCUT2D eigenvalue weighted by Crippen LogP contribution is -2.30. The highest BCUT2D eigenvalue weighted by molar-refractivity contribution is 5.96. The number of ether oxygens (including phenoxy) is 1. The average Bonchev–Trinajstić information content (AvgIpc) is 3.03. The van der Waals surface area contributed by atoms with E-state index in [1.807, 2.05) is 32.0 Å². The Bertz CT molecular complexity index is 1090. The molecule has 1 aromatic heterocycles. The maximum absolute atomic E-state index is 12.3. The number of nitrogens with one attached hydrogen (secondary N) is 1. The van der Waals surface area contributed by atoms with Crippen LogP contribution in [0.25, 0.3) is 11.0 Å². The third-order valence-electron chi connectivity index (χ3n) is 4.59. The van der Waals surface area contributed by atoms with E-state index in [4.69, 9.17) is 14.4 Å². The first-order valence-corrected chi connectivity index (χ1v) is 8.86. The number of benzene rings is 2. The molecule has 0 saturated carbocycles. The lowest BCUT2D eigenvalue weighted by molar-refractivity contribution is -0.152. The Hall–Kier alpha value is -3.59. The van der Waals surface area contributed by atoms with E-state index in [0.29, 0.717) is 22.4 Å². The van der Waals surface area contributed by atoms with E-state index >= 15 is 0 Å². The molecule has 6 nitrogen and oxygen atoms in total. The molecule has 0 aliphatic rings. The number of nitrogens with zero attached hydrogens (tertiary/aromatic N) is 1. The molecule has 0 fully saturated rings. The van der Waals surface area contributed by atoms with Crippen LogP contribution in [0.1, 0.15) is 29.2 Å². The van der Waals surface area contributed by atoms with Crippen LogP contribution in [0.4, 0.5) is 5.69 Å². The van der Waals surface area contributed by atoms with E-state index in [9.17, 15) is 9.59 Å². The lowest BCUT2D eigenvalue weighted by Gasteiger charge is -2.14. The van der Waals surface area contributed by atoms with Crippen molar-refractivity contribution in [3.8, 4) is 6.07 Å². The van der Waals surface area contributed by atoms with Gasteiger partial charge in [0.05, 0.1) is 23.9 Å². The molecule has 0 aliphatic heterocycles. The van der Waals surface area contributed by atoms with Crippen LogP contribution < -0.4 is 5.32 Å². The number of esters is 1. The topological polar surface area (TPSA) is 92.3 Å². The van der Waals surface area contributed by atoms with Crippen molar-refractivity contribution in [2.45, 2.75) is 33.3 Å². The Morgan fingerprint density at radius 1 is 1.21 bits per heavy atom. The van der Waals surface area contributed by atoms with Gasteiger partial charge in [0.1, 0.15) is 11.7 Å². The fraction of sp³-hybridized carbons (Fsp3) is 0.227. The number of fused-ring (bicyclic) bond motifs is 1. The van der Waals surface area contributed by atoms with Gasteiger partial charge in [0.2, 0.25) is 0 Å². The van der Waals surface area contributed by atoms with Crippen LogP contribution in [0.5, 0.6) is 0 Å². The summed E-state index contributed by atoms with van der Waals surface area (Å²) in [4.78, 5) is 24.6. The van der Waals surface area contributed by atoms with Gasteiger partial charge >= 0.3 is 5.97 Å². The molecular weight excluding hydrogens is 356 g/mol. The first-order chi connectivity index (χ1) is 13.4. The lowest BCUT2D eigenvalue weighted by atomic mass is 10.0. The predicted molar refractivity (Wildman–Crippen MR) is 105 cm³/mol. The molecule has 6 heteroatoms. The van der Waals surface area contributed by atoms with E-state index in [1.54, 1.807) is 30.5 Å². The van der Waals surface area contributed by atoms with E-state index in [1.165, 1.54) is 6.92 Å². The summed E-state index contributed by atoms with van der Waals surface area (Å²) in [7, 11) is 0. The summed E-state index contributed by atoms with van der Waals surface area (Å²) in [6.45, 7) is 5.48. The van der Waals surface area contributed by atoms with Crippen LogP contribution >= 0.6 is 0 Å². The molecule has 28 heavy (non-hydrogen) atoms. The molecule has 1 atom stereocenters. The standard InChI is InChI=1S/C22H20N2O4/c1-13-8-18-17(12-27-20(18)9-14(13)2)10-21(25)28-15(3)22(26)24-19-7-5-4-6-16(19)11-23/h4-9,12,15H,10H2,1-3H3,(H,24,26)/t15-/m1/s1. The Morgan fingerprint density at radius 3 is 2.68 bits per heavy atom. The van der Waals surface area contributed by atoms with Crippen molar-refractivity contribution in [3.63, 3.8) is 0 Å². The maximum atomic E-state index is 12.3. The summed E-state index contributed by atoms with van der Waals surface area (Å²) in [5.41, 5.74) is 4.36. The van der Waals surface area contributed by atoms with Crippen LogP contribution in [0, 0.1) is 25.2 Å². The molecule has 0 unspecified atom stereocenters. The van der Waals surface area contributed by atoms with Crippen LogP contribution in [-0.2, 0) is 20.7 Å². The van der Waals surface area contributed by atoms with Gasteiger partial charge in [-0.25, -0.2) is 0 Å². The van der Waals surface area contributed by atoms with Gasteiger partial charge in [-0.3, -0.25) is 9.59 Å². The number of anilines is 1. The molecule has 0 bridgehead atoms. The monoisotopic (exact) mass is 376 g/mol. The molecule has 1 N–H and O–H groups in total. The minimum absolute atomic E-state index is 0.00189. The number of amides is 1. The SMILES string of the molecule is Cc1cc2occ(CC(=O)O[C@H](C)C(=O)Nc3ccccc3C#N)c2cc1C. The molecule has 3 aromatic rings. The molecule has 2 aromatic carbocycles. The molecule has 0 radical (unpaired) electrons. The van der Waals surface area contributed by atoms with Crippen molar-refractivity contribution in [1.82, 2.24) is 0 Å². The van der Waals surface area contributed by atoms with Gasteiger partial charge in [-0.2, -0.15) is 5.26 Å². The third-order valence-corrected chi connectivity index (χ3v) is 4.59. The highest BCUT2D eigenvalue weighted by Gasteiger charge is 2.20. The molecule has 1 amide bonds. The van der Waals surface area contributed by atoms with Crippen molar-refractivity contribution in [3.05, 3.63) is 64.9 Å². The smallest absolute Gasteiger partial charge is 0.311 e. The molecule has 0 saturated heterocycles. The Kier molecular flexibility index (Phi) is 5.46. The predicted octanol–water partition coefficient (Wildman–Crippen LogP) is 4.03. The second-order valence-corrected chi connectivity index (χ2v) is 6.65. The molecule has 0 aliphatic carbocycles. The summed E-state index contributed by atoms with van der Waals surface area (Å²) in [5.74, 6) is -1.03. The van der Waals surface area contributed by atoms with Crippen molar-refractivity contribution in [2.24, 2.45) is 0 Å². The number of hydrogen-bond acceptors (Lipinski definition) is 5. The number of furan rings is 1. The Balaban J connectivity index is 1.65. The highest BCUT2D eigenvalue weighted by atomic mass is 16.5. The van der Waals surface area contributed by atoms with Crippen LogP contribution in [-0.4, -0.2) is 18.0 Å². The van der Waals surface area contributed by atoms with Crippen molar-refractivity contribution < 1.29 is 18.7 Å². The van der Waals surface area contributed by atoms with Gasteiger partial charge in [0.15, 0.2) is 6.10 Å². The highest BCUT2D eigenvalue weighted by Crippen LogP contribution is 2.25. The summed E-state index contributed by atoms with van der Waals surface area (Å²) in [5, 5.41) is 12.6. The second kappa shape index (κ2) is 7.97. The molecule has 1 heterocycles. The number of aryl methyl sites for hydroxylation is 2. The average molecular weight is 376 g/mol. The minimum atomic E-state index is -0.999. The van der Waals surface area contributed by atoms with E-state index in [0.717, 1.165) is 16.5 Å². The maximum Gasteiger partial charge on any atom is 0.311 e.